The summed E-state index contributed by atoms with van der Waals surface area (Å²) in [6.07, 6.45) is 24.6. The highest BCUT2D eigenvalue weighted by molar-refractivity contribution is 5.88. The van der Waals surface area contributed by atoms with Crippen molar-refractivity contribution in [2.75, 3.05) is 9.80 Å². The molecule has 0 aliphatic heterocycles. The van der Waals surface area contributed by atoms with E-state index < -0.39 is 5.41 Å². The Morgan fingerprint density at radius 1 is 0.162 bits per heavy atom. The molecule has 490 valence electrons. The number of nitrogens with zero attached hydrogens (tertiary/aromatic N) is 2. The minimum Gasteiger partial charge on any atom is -0.311 e. The molecule has 0 saturated heterocycles. The van der Waals surface area contributed by atoms with Crippen molar-refractivity contribution in [1.82, 2.24) is 0 Å². The molecular formula is C97H92N2. The summed E-state index contributed by atoms with van der Waals surface area (Å²) in [7, 11) is 0. The van der Waals surface area contributed by atoms with Crippen molar-refractivity contribution in [2.45, 2.75) is 155 Å². The van der Waals surface area contributed by atoms with E-state index in [1.165, 1.54) is 229 Å². The van der Waals surface area contributed by atoms with Crippen molar-refractivity contribution < 1.29 is 0 Å². The van der Waals surface area contributed by atoms with Crippen LogP contribution in [-0.2, 0) is 27.1 Å². The van der Waals surface area contributed by atoms with E-state index in [1.54, 1.807) is 0 Å². The van der Waals surface area contributed by atoms with E-state index in [-0.39, 0.29) is 21.7 Å². The first-order chi connectivity index (χ1) is 49.0. The van der Waals surface area contributed by atoms with Crippen LogP contribution < -0.4 is 9.80 Å². The van der Waals surface area contributed by atoms with Gasteiger partial charge < -0.3 is 9.80 Å². The number of hydrogen-bond acceptors (Lipinski definition) is 2. The highest BCUT2D eigenvalue weighted by Gasteiger charge is 2.47. The molecule has 2 heteroatoms. The van der Waals surface area contributed by atoms with Crippen molar-refractivity contribution >= 4 is 34.1 Å². The number of benzene rings is 12. The van der Waals surface area contributed by atoms with Crippen LogP contribution in [0.5, 0.6) is 0 Å². The Balaban J connectivity index is 0.783. The van der Waals surface area contributed by atoms with E-state index in [4.69, 9.17) is 0 Å². The standard InChI is InChI=1S/C97H92N2/c1-9-29-73(30-10-1)93(65-21-5-22-66-93)77-41-53-83(54-42-77)98(84-55-43-78(44-56-84)94(67-23-6-24-68-94)74-31-11-2-12-32-74)87-61-49-81(50-62-87)97(91-39-19-17-37-89(91)90-38-18-20-40-92(90)97)82-51-63-88(64-52-82)99(85-57-45-79(46-58-85)95(69-25-7-26-70-95)75-33-13-3-14-34-75)86-59-47-80(48-60-86)96(71-27-8-28-72-96)76-35-15-4-16-36-76/h1-4,9-20,29-64H,5-8,21-28,65-72H2. The predicted molar refractivity (Wildman–Crippen MR) is 414 cm³/mol. The van der Waals surface area contributed by atoms with Crippen molar-refractivity contribution in [1.29, 1.82) is 0 Å². The zero-order chi connectivity index (χ0) is 66.1. The van der Waals surface area contributed by atoms with Gasteiger partial charge in [-0.2, -0.15) is 0 Å². The molecule has 0 atom stereocenters. The summed E-state index contributed by atoms with van der Waals surface area (Å²) in [6, 6.07) is 122. The van der Waals surface area contributed by atoms with Gasteiger partial charge in [-0.15, -0.1) is 0 Å². The normalized spacial score (nSPS) is 17.9. The van der Waals surface area contributed by atoms with Crippen LogP contribution >= 0.6 is 0 Å². The SMILES string of the molecule is c1ccc(C2(c3ccc(N(c4ccc(C5(c6ccccc6)CCCCC5)cc4)c4ccc(C5(c6ccc(N(c7ccc(C8(c9ccccc9)CCCCC8)cc7)c7ccc(C8(c9ccccc9)CCCCC8)cc7)cc6)c6ccccc6-c6ccccc65)cc4)cc3)CCCCC2)cc1. The average molecular weight is 1290 g/mol. The molecule has 5 aliphatic rings. The molecule has 0 bridgehead atoms. The highest BCUT2D eigenvalue weighted by atomic mass is 15.1. The zero-order valence-electron chi connectivity index (χ0n) is 57.6. The monoisotopic (exact) mass is 1280 g/mol. The fourth-order valence-corrected chi connectivity index (χ4v) is 20.0. The Bertz CT molecular complexity index is 4150. The smallest absolute Gasteiger partial charge is 0.0713 e. The van der Waals surface area contributed by atoms with Crippen LogP contribution in [0.15, 0.2) is 315 Å². The molecule has 4 saturated carbocycles. The first-order valence-corrected chi connectivity index (χ1v) is 37.6. The summed E-state index contributed by atoms with van der Waals surface area (Å²) in [5, 5.41) is 0. The Morgan fingerprint density at radius 3 is 0.566 bits per heavy atom. The first-order valence-electron chi connectivity index (χ1n) is 37.6. The molecule has 99 heavy (non-hydrogen) atoms. The molecule has 12 aromatic carbocycles. The van der Waals surface area contributed by atoms with Crippen molar-refractivity contribution in [3.63, 3.8) is 0 Å². The van der Waals surface area contributed by atoms with Crippen LogP contribution in [0, 0.1) is 0 Å². The fourth-order valence-electron chi connectivity index (χ4n) is 20.0. The second-order valence-electron chi connectivity index (χ2n) is 29.8. The lowest BCUT2D eigenvalue weighted by atomic mass is 9.65. The van der Waals surface area contributed by atoms with Crippen molar-refractivity contribution in [3.8, 4) is 11.1 Å². The summed E-state index contributed by atoms with van der Waals surface area (Å²) < 4.78 is 0. The third-order valence-electron chi connectivity index (χ3n) is 24.9. The molecule has 0 unspecified atom stereocenters. The van der Waals surface area contributed by atoms with E-state index in [0.29, 0.717) is 0 Å². The van der Waals surface area contributed by atoms with E-state index in [2.05, 4.69) is 325 Å². The van der Waals surface area contributed by atoms with Crippen LogP contribution in [0.25, 0.3) is 11.1 Å². The van der Waals surface area contributed by atoms with Gasteiger partial charge in [0, 0.05) is 55.8 Å². The minimum atomic E-state index is -0.610. The van der Waals surface area contributed by atoms with Crippen LogP contribution in [0.3, 0.4) is 0 Å². The van der Waals surface area contributed by atoms with E-state index >= 15 is 0 Å². The van der Waals surface area contributed by atoms with Crippen molar-refractivity contribution in [2.24, 2.45) is 0 Å². The lowest BCUT2D eigenvalue weighted by Gasteiger charge is -2.39. The first kappa shape index (κ1) is 62.7. The lowest BCUT2D eigenvalue weighted by Crippen LogP contribution is -2.30. The van der Waals surface area contributed by atoms with E-state index in [1.807, 2.05) is 0 Å². The minimum absolute atomic E-state index is 0.00931. The third kappa shape index (κ3) is 11.0. The number of fused-ring (bicyclic) bond motifs is 3. The molecule has 5 aliphatic carbocycles. The Morgan fingerprint density at radius 2 is 0.343 bits per heavy atom. The third-order valence-corrected chi connectivity index (χ3v) is 24.9. The maximum absolute atomic E-state index is 2.52. The zero-order valence-corrected chi connectivity index (χ0v) is 57.6. The van der Waals surface area contributed by atoms with Gasteiger partial charge in [0.1, 0.15) is 0 Å². The summed E-state index contributed by atoms with van der Waals surface area (Å²) in [5.41, 5.74) is 25.5. The molecule has 0 aromatic heterocycles. The maximum Gasteiger partial charge on any atom is 0.0713 e. The van der Waals surface area contributed by atoms with Gasteiger partial charge in [0.2, 0.25) is 0 Å². The molecule has 2 nitrogen and oxygen atoms in total. The summed E-state index contributed by atoms with van der Waals surface area (Å²) in [4.78, 5) is 5.03. The van der Waals surface area contributed by atoms with E-state index in [9.17, 15) is 0 Å². The topological polar surface area (TPSA) is 6.48 Å². The summed E-state index contributed by atoms with van der Waals surface area (Å²) in [6.45, 7) is 0. The predicted octanol–water partition coefficient (Wildman–Crippen LogP) is 26.0. The van der Waals surface area contributed by atoms with Gasteiger partial charge in [0.25, 0.3) is 0 Å². The Hall–Kier alpha value is -9.76. The number of anilines is 6. The largest absolute Gasteiger partial charge is 0.311 e. The molecule has 0 N–H and O–H groups in total. The molecule has 17 rings (SSSR count). The molecule has 0 radical (unpaired) electrons. The van der Waals surface area contributed by atoms with Gasteiger partial charge in [0.15, 0.2) is 0 Å². The van der Waals surface area contributed by atoms with Crippen LogP contribution in [-0.4, -0.2) is 0 Å². The van der Waals surface area contributed by atoms with Gasteiger partial charge in [-0.1, -0.05) is 320 Å². The number of hydrogen-bond donors (Lipinski definition) is 0. The van der Waals surface area contributed by atoms with Crippen LogP contribution in [0.4, 0.5) is 34.1 Å². The van der Waals surface area contributed by atoms with Crippen LogP contribution in [0.2, 0.25) is 0 Å². The summed E-state index contributed by atoms with van der Waals surface area (Å²) >= 11 is 0. The Kier molecular flexibility index (Phi) is 17.0. The van der Waals surface area contributed by atoms with Gasteiger partial charge in [0.05, 0.1) is 5.41 Å². The van der Waals surface area contributed by atoms with Gasteiger partial charge in [-0.05, 0) is 202 Å². The molecule has 4 fully saturated rings. The van der Waals surface area contributed by atoms with E-state index in [0.717, 1.165) is 11.4 Å². The van der Waals surface area contributed by atoms with Crippen LogP contribution in [0.1, 0.15) is 195 Å². The fraction of sp³-hybridized carbons (Fsp3) is 0.258. The average Bonchev–Trinajstić information content (AvgIpc) is 1.54. The van der Waals surface area contributed by atoms with Gasteiger partial charge in [-0.3, -0.25) is 0 Å². The van der Waals surface area contributed by atoms with Gasteiger partial charge in [-0.25, -0.2) is 0 Å². The quantitative estimate of drug-likeness (QED) is 0.0951. The molecule has 0 spiro atoms. The molecule has 0 amide bonds. The second kappa shape index (κ2) is 26.8. The van der Waals surface area contributed by atoms with Crippen molar-refractivity contribution in [3.05, 3.63) is 382 Å². The highest BCUT2D eigenvalue weighted by Crippen LogP contribution is 2.58. The molecule has 12 aromatic rings. The van der Waals surface area contributed by atoms with Gasteiger partial charge >= 0.3 is 0 Å². The lowest BCUT2D eigenvalue weighted by molar-refractivity contribution is 0.346. The second-order valence-corrected chi connectivity index (χ2v) is 29.8. The molecule has 0 heterocycles. The maximum atomic E-state index is 2.52. The number of rotatable bonds is 16. The molecular weight excluding hydrogens is 1190 g/mol. The summed E-state index contributed by atoms with van der Waals surface area (Å²) in [5.74, 6) is 0. The Labute approximate surface area is 589 Å².